The minimum absolute atomic E-state index is 0.0598. The van der Waals surface area contributed by atoms with Gasteiger partial charge in [0.15, 0.2) is 0 Å². The lowest BCUT2D eigenvalue weighted by Gasteiger charge is -2.35. The molecule has 2 aromatic carbocycles. The molecule has 4 nitrogen and oxygen atoms in total. The second kappa shape index (κ2) is 7.61. The average molecular weight is 299 g/mol. The molecule has 2 rings (SSSR count). The van der Waals surface area contributed by atoms with Crippen molar-refractivity contribution >= 4 is 6.09 Å². The predicted octanol–water partition coefficient (Wildman–Crippen LogP) is 3.06. The Kier molecular flexibility index (Phi) is 5.55. The fourth-order valence-electron chi connectivity index (χ4n) is 2.68. The van der Waals surface area contributed by atoms with Gasteiger partial charge in [0.1, 0.15) is 0 Å². The van der Waals surface area contributed by atoms with Crippen molar-refractivity contribution in [1.29, 1.82) is 0 Å². The van der Waals surface area contributed by atoms with Crippen molar-refractivity contribution in [3.63, 3.8) is 0 Å². The van der Waals surface area contributed by atoms with E-state index in [0.29, 0.717) is 12.8 Å². The van der Waals surface area contributed by atoms with Crippen molar-refractivity contribution in [2.24, 2.45) is 0 Å². The lowest BCUT2D eigenvalue weighted by atomic mass is 9.79. The third kappa shape index (κ3) is 3.46. The molecule has 116 valence electrons. The van der Waals surface area contributed by atoms with Crippen molar-refractivity contribution in [3.05, 3.63) is 71.8 Å². The van der Waals surface area contributed by atoms with Crippen molar-refractivity contribution in [2.45, 2.75) is 18.4 Å². The van der Waals surface area contributed by atoms with Crippen molar-refractivity contribution < 1.29 is 14.6 Å². The van der Waals surface area contributed by atoms with Gasteiger partial charge in [-0.1, -0.05) is 60.7 Å². The van der Waals surface area contributed by atoms with Crippen LogP contribution in [0.25, 0.3) is 0 Å². The Morgan fingerprint density at radius 2 is 1.55 bits per heavy atom. The number of ether oxygens (including phenoxy) is 1. The lowest BCUT2D eigenvalue weighted by Crippen LogP contribution is -2.47. The molecule has 22 heavy (non-hydrogen) atoms. The molecule has 1 amide bonds. The van der Waals surface area contributed by atoms with Crippen LogP contribution in [0.15, 0.2) is 60.7 Å². The highest BCUT2D eigenvalue weighted by atomic mass is 16.5. The summed E-state index contributed by atoms with van der Waals surface area (Å²) in [7, 11) is 1.35. The van der Waals surface area contributed by atoms with E-state index in [1.165, 1.54) is 7.11 Å². The third-order valence-corrected chi connectivity index (χ3v) is 3.74. The first-order valence-electron chi connectivity index (χ1n) is 7.31. The summed E-state index contributed by atoms with van der Waals surface area (Å²) >= 11 is 0. The average Bonchev–Trinajstić information content (AvgIpc) is 2.60. The van der Waals surface area contributed by atoms with Crippen molar-refractivity contribution in [1.82, 2.24) is 5.32 Å². The number of aliphatic hydroxyl groups excluding tert-OH is 1. The fourth-order valence-corrected chi connectivity index (χ4v) is 2.68. The second-order valence-electron chi connectivity index (χ2n) is 5.08. The number of benzene rings is 2. The summed E-state index contributed by atoms with van der Waals surface area (Å²) in [5.74, 6) is 0. The number of hydrogen-bond donors (Lipinski definition) is 2. The van der Waals surface area contributed by atoms with Crippen LogP contribution in [-0.4, -0.2) is 24.9 Å². The molecule has 0 unspecified atom stereocenters. The Balaban J connectivity index is 2.55. The van der Waals surface area contributed by atoms with E-state index in [4.69, 9.17) is 4.74 Å². The van der Waals surface area contributed by atoms with Gasteiger partial charge in [0, 0.05) is 6.61 Å². The third-order valence-electron chi connectivity index (χ3n) is 3.74. The number of hydrogen-bond acceptors (Lipinski definition) is 3. The molecule has 0 aliphatic carbocycles. The molecule has 0 heterocycles. The first-order valence-corrected chi connectivity index (χ1v) is 7.31. The highest BCUT2D eigenvalue weighted by Gasteiger charge is 2.35. The van der Waals surface area contributed by atoms with Gasteiger partial charge in [0.25, 0.3) is 0 Å². The van der Waals surface area contributed by atoms with Gasteiger partial charge in [-0.2, -0.15) is 0 Å². The number of aliphatic hydroxyl groups is 1. The Morgan fingerprint density at radius 1 is 1.05 bits per heavy atom. The van der Waals surface area contributed by atoms with E-state index in [0.717, 1.165) is 11.1 Å². The van der Waals surface area contributed by atoms with E-state index in [1.807, 2.05) is 60.7 Å². The maximum atomic E-state index is 11.9. The van der Waals surface area contributed by atoms with Gasteiger partial charge >= 0.3 is 6.09 Å². The summed E-state index contributed by atoms with van der Waals surface area (Å²) in [6.07, 6.45) is 0.645. The monoisotopic (exact) mass is 299 g/mol. The maximum absolute atomic E-state index is 11.9. The first kappa shape index (κ1) is 16.0. The van der Waals surface area contributed by atoms with Gasteiger partial charge in [-0.05, 0) is 24.0 Å². The topological polar surface area (TPSA) is 58.6 Å². The summed E-state index contributed by atoms with van der Waals surface area (Å²) in [5, 5.41) is 12.2. The Bertz CT molecular complexity index is 544. The fraction of sp³-hybridized carbons (Fsp3) is 0.278. The summed E-state index contributed by atoms with van der Waals surface area (Å²) in [4.78, 5) is 11.9. The number of alkyl carbamates (subject to hydrolysis) is 1. The number of nitrogens with one attached hydrogen (secondary N) is 1. The molecule has 0 saturated carbocycles. The number of amides is 1. The zero-order chi connectivity index (χ0) is 15.8. The van der Waals surface area contributed by atoms with Crippen LogP contribution in [0.1, 0.15) is 24.0 Å². The molecule has 0 aliphatic rings. The van der Waals surface area contributed by atoms with Gasteiger partial charge in [0.05, 0.1) is 12.6 Å². The van der Waals surface area contributed by atoms with Gasteiger partial charge in [0.2, 0.25) is 0 Å². The summed E-state index contributed by atoms with van der Waals surface area (Å²) < 4.78 is 4.82. The molecule has 2 aromatic rings. The highest BCUT2D eigenvalue weighted by molar-refractivity contribution is 5.69. The zero-order valence-corrected chi connectivity index (χ0v) is 12.7. The molecule has 0 aliphatic heterocycles. The van der Waals surface area contributed by atoms with E-state index in [1.54, 1.807) is 0 Å². The maximum Gasteiger partial charge on any atom is 0.407 e. The first-order chi connectivity index (χ1) is 10.7. The van der Waals surface area contributed by atoms with E-state index in [-0.39, 0.29) is 6.61 Å². The Labute approximate surface area is 130 Å². The van der Waals surface area contributed by atoms with E-state index >= 15 is 0 Å². The second-order valence-corrected chi connectivity index (χ2v) is 5.08. The van der Waals surface area contributed by atoms with Crippen LogP contribution in [0, 0.1) is 0 Å². The van der Waals surface area contributed by atoms with Crippen LogP contribution >= 0.6 is 0 Å². The summed E-state index contributed by atoms with van der Waals surface area (Å²) in [6.45, 7) is 0.0598. The highest BCUT2D eigenvalue weighted by Crippen LogP contribution is 2.34. The molecule has 4 heteroatoms. The van der Waals surface area contributed by atoms with Gasteiger partial charge in [-0.15, -0.1) is 0 Å². The Morgan fingerprint density at radius 3 is 1.95 bits per heavy atom. The smallest absolute Gasteiger partial charge is 0.407 e. The standard InChI is InChI=1S/C18H21NO3/c1-22-17(21)19-18(13-8-14-20,15-9-4-2-5-10-15)16-11-6-3-7-12-16/h2-7,9-12,20H,8,13-14H2,1H3,(H,19,21). The summed E-state index contributed by atoms with van der Waals surface area (Å²) in [6, 6.07) is 19.5. The van der Waals surface area contributed by atoms with Crippen LogP contribution in [0.4, 0.5) is 4.79 Å². The van der Waals surface area contributed by atoms with Crippen LogP contribution in [0.3, 0.4) is 0 Å². The predicted molar refractivity (Wildman–Crippen MR) is 85.5 cm³/mol. The molecule has 2 N–H and O–H groups in total. The van der Waals surface area contributed by atoms with Crippen LogP contribution in [0.5, 0.6) is 0 Å². The van der Waals surface area contributed by atoms with Crippen LogP contribution < -0.4 is 5.32 Å². The quantitative estimate of drug-likeness (QED) is 0.862. The Hall–Kier alpha value is -2.33. The molecule has 0 saturated heterocycles. The normalized spacial score (nSPS) is 11.0. The van der Waals surface area contributed by atoms with Crippen LogP contribution in [0.2, 0.25) is 0 Å². The summed E-state index contributed by atoms with van der Waals surface area (Å²) in [5.41, 5.74) is 1.19. The molecular weight excluding hydrogens is 278 g/mol. The van der Waals surface area contributed by atoms with Crippen molar-refractivity contribution in [2.75, 3.05) is 13.7 Å². The minimum atomic E-state index is -0.724. The number of carbonyl (C=O) groups excluding carboxylic acids is 1. The van der Waals surface area contributed by atoms with E-state index < -0.39 is 11.6 Å². The zero-order valence-electron chi connectivity index (χ0n) is 12.7. The molecular formula is C18H21NO3. The molecule has 0 aromatic heterocycles. The van der Waals surface area contributed by atoms with Gasteiger partial charge < -0.3 is 15.2 Å². The SMILES string of the molecule is COC(=O)NC(CCCO)(c1ccccc1)c1ccccc1. The van der Waals surface area contributed by atoms with Crippen LogP contribution in [-0.2, 0) is 10.3 Å². The lowest BCUT2D eigenvalue weighted by molar-refractivity contribution is 0.156. The molecule has 0 radical (unpaired) electrons. The minimum Gasteiger partial charge on any atom is -0.453 e. The number of carbonyl (C=O) groups is 1. The van der Waals surface area contributed by atoms with E-state index in [9.17, 15) is 9.90 Å². The molecule has 0 spiro atoms. The van der Waals surface area contributed by atoms with Gasteiger partial charge in [-0.25, -0.2) is 4.79 Å². The van der Waals surface area contributed by atoms with Crippen molar-refractivity contribution in [3.8, 4) is 0 Å². The molecule has 0 atom stereocenters. The van der Waals surface area contributed by atoms with Gasteiger partial charge in [-0.3, -0.25) is 0 Å². The largest absolute Gasteiger partial charge is 0.453 e. The molecule has 0 fully saturated rings. The van der Waals surface area contributed by atoms with E-state index in [2.05, 4.69) is 5.32 Å². The number of rotatable bonds is 6. The number of methoxy groups -OCH3 is 1. The molecule has 0 bridgehead atoms.